The summed E-state index contributed by atoms with van der Waals surface area (Å²) in [4.78, 5) is 11.4. The van der Waals surface area contributed by atoms with Crippen LogP contribution in [0.5, 0.6) is 0 Å². The van der Waals surface area contributed by atoms with Crippen molar-refractivity contribution in [2.45, 2.75) is 38.0 Å². The minimum atomic E-state index is -4.39. The molecule has 1 saturated heterocycles. The van der Waals surface area contributed by atoms with Crippen molar-refractivity contribution in [3.63, 3.8) is 0 Å². The highest BCUT2D eigenvalue weighted by Crippen LogP contribution is 2.38. The van der Waals surface area contributed by atoms with Gasteiger partial charge in [0.05, 0.1) is 24.2 Å². The van der Waals surface area contributed by atoms with Crippen LogP contribution in [-0.2, 0) is 15.7 Å². The molecule has 1 aromatic carbocycles. The Morgan fingerprint density at radius 1 is 1.33 bits per heavy atom. The van der Waals surface area contributed by atoms with Gasteiger partial charge in [0.25, 0.3) is 0 Å². The Balaban J connectivity index is 2.22. The van der Waals surface area contributed by atoms with Gasteiger partial charge < -0.3 is 9.84 Å². The highest BCUT2D eigenvalue weighted by Gasteiger charge is 2.42. The van der Waals surface area contributed by atoms with Crippen LogP contribution in [0.1, 0.15) is 36.8 Å². The van der Waals surface area contributed by atoms with E-state index in [0.29, 0.717) is 12.0 Å². The van der Waals surface area contributed by atoms with Gasteiger partial charge in [0.2, 0.25) is 0 Å². The monoisotopic (exact) mass is 302 g/mol. The van der Waals surface area contributed by atoms with Gasteiger partial charge in [-0.05, 0) is 24.1 Å². The Morgan fingerprint density at radius 2 is 1.95 bits per heavy atom. The summed E-state index contributed by atoms with van der Waals surface area (Å²) in [5.41, 5.74) is -0.156. The first-order valence-corrected chi connectivity index (χ1v) is 6.86. The summed E-state index contributed by atoms with van der Waals surface area (Å²) in [6, 6.07) is 4.67. The van der Waals surface area contributed by atoms with Crippen molar-refractivity contribution in [3.8, 4) is 0 Å². The van der Waals surface area contributed by atoms with Gasteiger partial charge in [-0.1, -0.05) is 25.5 Å². The van der Waals surface area contributed by atoms with Crippen LogP contribution in [0.2, 0.25) is 0 Å². The molecule has 1 fully saturated rings. The number of ether oxygens (including phenoxy) is 1. The fourth-order valence-corrected chi connectivity index (χ4v) is 2.80. The van der Waals surface area contributed by atoms with Crippen molar-refractivity contribution in [1.29, 1.82) is 0 Å². The number of carboxylic acid groups (broad SMARTS) is 1. The second-order valence-corrected chi connectivity index (χ2v) is 5.25. The molecule has 1 heterocycles. The standard InChI is InChI=1S/C15H17F3O3/c1-2-3-12-13(14(19)20)11(8-21-12)9-4-6-10(7-5-9)15(16,17)18/h4-7,11-13H,2-3,8H2,1H3,(H,19,20). The van der Waals surface area contributed by atoms with Gasteiger partial charge in [-0.3, -0.25) is 4.79 Å². The lowest BCUT2D eigenvalue weighted by Crippen LogP contribution is -2.27. The van der Waals surface area contributed by atoms with E-state index in [1.165, 1.54) is 12.1 Å². The topological polar surface area (TPSA) is 46.5 Å². The third kappa shape index (κ3) is 3.37. The molecule has 0 amide bonds. The van der Waals surface area contributed by atoms with Gasteiger partial charge in [0, 0.05) is 5.92 Å². The molecule has 0 saturated carbocycles. The molecule has 1 N–H and O–H groups in total. The molecule has 1 aliphatic rings. The molecule has 1 aromatic rings. The van der Waals surface area contributed by atoms with Crippen molar-refractivity contribution in [1.82, 2.24) is 0 Å². The molecule has 3 unspecified atom stereocenters. The van der Waals surface area contributed by atoms with Crippen LogP contribution in [0.25, 0.3) is 0 Å². The van der Waals surface area contributed by atoms with Gasteiger partial charge in [-0.25, -0.2) is 0 Å². The number of carboxylic acids is 1. The average molecular weight is 302 g/mol. The minimum Gasteiger partial charge on any atom is -0.481 e. The number of benzene rings is 1. The zero-order valence-electron chi connectivity index (χ0n) is 11.6. The quantitative estimate of drug-likeness (QED) is 0.922. The normalized spacial score (nSPS) is 26.0. The summed E-state index contributed by atoms with van der Waals surface area (Å²) < 4.78 is 43.2. The minimum absolute atomic E-state index is 0.229. The van der Waals surface area contributed by atoms with E-state index in [-0.39, 0.29) is 12.7 Å². The molecule has 116 valence electrons. The van der Waals surface area contributed by atoms with E-state index < -0.39 is 29.5 Å². The molecule has 2 rings (SSSR count). The van der Waals surface area contributed by atoms with E-state index in [1.54, 1.807) is 0 Å². The van der Waals surface area contributed by atoms with Crippen LogP contribution in [0.3, 0.4) is 0 Å². The summed E-state index contributed by atoms with van der Waals surface area (Å²) >= 11 is 0. The highest BCUT2D eigenvalue weighted by atomic mass is 19.4. The zero-order valence-corrected chi connectivity index (χ0v) is 11.6. The molecule has 3 nitrogen and oxygen atoms in total. The van der Waals surface area contributed by atoms with Crippen LogP contribution in [0.4, 0.5) is 13.2 Å². The van der Waals surface area contributed by atoms with Crippen LogP contribution in [0.15, 0.2) is 24.3 Å². The fraction of sp³-hybridized carbons (Fsp3) is 0.533. The van der Waals surface area contributed by atoms with Crippen molar-refractivity contribution < 1.29 is 27.8 Å². The Hall–Kier alpha value is -1.56. The number of rotatable bonds is 4. The van der Waals surface area contributed by atoms with Crippen molar-refractivity contribution >= 4 is 5.97 Å². The van der Waals surface area contributed by atoms with E-state index in [0.717, 1.165) is 18.6 Å². The summed E-state index contributed by atoms with van der Waals surface area (Å²) in [5.74, 6) is -2.07. The largest absolute Gasteiger partial charge is 0.481 e. The number of halogens is 3. The molecular formula is C15H17F3O3. The van der Waals surface area contributed by atoms with Gasteiger partial charge in [0.1, 0.15) is 0 Å². The first kappa shape index (κ1) is 15.8. The van der Waals surface area contributed by atoms with Crippen LogP contribution >= 0.6 is 0 Å². The lowest BCUT2D eigenvalue weighted by Gasteiger charge is -2.19. The Labute approximate surface area is 120 Å². The molecule has 0 spiro atoms. The summed E-state index contributed by atoms with van der Waals surface area (Å²) in [6.07, 6.45) is -3.33. The first-order chi connectivity index (χ1) is 9.84. The Kier molecular flexibility index (Phi) is 4.56. The predicted molar refractivity (Wildman–Crippen MR) is 70.0 cm³/mol. The van der Waals surface area contributed by atoms with Crippen molar-refractivity contribution in [2.24, 2.45) is 5.92 Å². The number of aliphatic carboxylic acids is 1. The maximum Gasteiger partial charge on any atom is 0.416 e. The molecular weight excluding hydrogens is 285 g/mol. The van der Waals surface area contributed by atoms with Gasteiger partial charge >= 0.3 is 12.1 Å². The number of carbonyl (C=O) groups is 1. The number of hydrogen-bond donors (Lipinski definition) is 1. The molecule has 1 aliphatic heterocycles. The van der Waals surface area contributed by atoms with E-state index >= 15 is 0 Å². The lowest BCUT2D eigenvalue weighted by molar-refractivity contribution is -0.144. The second-order valence-electron chi connectivity index (χ2n) is 5.25. The number of alkyl halides is 3. The van der Waals surface area contributed by atoms with Gasteiger partial charge in [0.15, 0.2) is 0 Å². The molecule has 3 atom stereocenters. The van der Waals surface area contributed by atoms with E-state index in [2.05, 4.69) is 0 Å². The molecule has 0 radical (unpaired) electrons. The predicted octanol–water partition coefficient (Wildman–Crippen LogP) is 3.69. The highest BCUT2D eigenvalue weighted by molar-refractivity contribution is 5.72. The van der Waals surface area contributed by atoms with Crippen LogP contribution in [0, 0.1) is 5.92 Å². The Bertz CT molecular complexity index is 496. The second kappa shape index (κ2) is 6.05. The van der Waals surface area contributed by atoms with E-state index in [9.17, 15) is 23.1 Å². The van der Waals surface area contributed by atoms with Gasteiger partial charge in [-0.15, -0.1) is 0 Å². The van der Waals surface area contributed by atoms with E-state index in [4.69, 9.17) is 4.74 Å². The lowest BCUT2D eigenvalue weighted by atomic mass is 9.84. The zero-order chi connectivity index (χ0) is 15.6. The molecule has 21 heavy (non-hydrogen) atoms. The Morgan fingerprint density at radius 3 is 2.43 bits per heavy atom. The third-order valence-corrected chi connectivity index (χ3v) is 3.85. The van der Waals surface area contributed by atoms with Gasteiger partial charge in [-0.2, -0.15) is 13.2 Å². The number of hydrogen-bond acceptors (Lipinski definition) is 2. The molecule has 6 heteroatoms. The smallest absolute Gasteiger partial charge is 0.416 e. The van der Waals surface area contributed by atoms with Crippen molar-refractivity contribution in [3.05, 3.63) is 35.4 Å². The fourth-order valence-electron chi connectivity index (χ4n) is 2.80. The summed E-state index contributed by atoms with van der Waals surface area (Å²) in [6.45, 7) is 2.17. The maximum absolute atomic E-state index is 12.5. The van der Waals surface area contributed by atoms with Crippen LogP contribution in [-0.4, -0.2) is 23.8 Å². The SMILES string of the molecule is CCCC1OCC(c2ccc(C(F)(F)F)cc2)C1C(=O)O. The van der Waals surface area contributed by atoms with Crippen LogP contribution < -0.4 is 0 Å². The molecule has 0 aliphatic carbocycles. The van der Waals surface area contributed by atoms with E-state index in [1.807, 2.05) is 6.92 Å². The van der Waals surface area contributed by atoms with Crippen molar-refractivity contribution in [2.75, 3.05) is 6.61 Å². The average Bonchev–Trinajstić information content (AvgIpc) is 2.82. The third-order valence-electron chi connectivity index (χ3n) is 3.85. The maximum atomic E-state index is 12.5. The molecule has 0 bridgehead atoms. The first-order valence-electron chi connectivity index (χ1n) is 6.86. The summed E-state index contributed by atoms with van der Waals surface area (Å²) in [5, 5.41) is 9.37. The molecule has 0 aromatic heterocycles. The summed E-state index contributed by atoms with van der Waals surface area (Å²) in [7, 11) is 0.